The minimum atomic E-state index is -0.552. The van der Waals surface area contributed by atoms with E-state index in [0.29, 0.717) is 18.8 Å². The fraction of sp³-hybridized carbons (Fsp3) is 0.360. The van der Waals surface area contributed by atoms with Crippen molar-refractivity contribution in [2.75, 3.05) is 13.7 Å². The average molecular weight is 452 g/mol. The summed E-state index contributed by atoms with van der Waals surface area (Å²) in [7, 11) is 1.59. The van der Waals surface area contributed by atoms with Crippen LogP contribution in [0.25, 0.3) is 11.0 Å². The number of benzene rings is 2. The summed E-state index contributed by atoms with van der Waals surface area (Å²) in [5, 5.41) is 2.70. The Morgan fingerprint density at radius 1 is 1.09 bits per heavy atom. The van der Waals surface area contributed by atoms with E-state index in [4.69, 9.17) is 9.47 Å². The molecule has 0 fully saturated rings. The first-order valence-corrected chi connectivity index (χ1v) is 11.1. The van der Waals surface area contributed by atoms with Gasteiger partial charge in [0, 0.05) is 19.5 Å². The highest BCUT2D eigenvalue weighted by atomic mass is 16.5. The van der Waals surface area contributed by atoms with E-state index < -0.39 is 11.9 Å². The van der Waals surface area contributed by atoms with Crippen LogP contribution in [0, 0.1) is 0 Å². The van der Waals surface area contributed by atoms with Crippen LogP contribution in [0.1, 0.15) is 37.4 Å². The lowest BCUT2D eigenvalue weighted by molar-refractivity contribution is -0.148. The fourth-order valence-corrected chi connectivity index (χ4v) is 3.38. The largest absolute Gasteiger partial charge is 0.497 e. The molecule has 2 aromatic carbocycles. The molecular weight excluding hydrogens is 422 g/mol. The van der Waals surface area contributed by atoms with Crippen LogP contribution >= 0.6 is 0 Å². The summed E-state index contributed by atoms with van der Waals surface area (Å²) in [6, 6.07) is 14.8. The second kappa shape index (κ2) is 11.8. The number of unbranched alkanes of at least 4 members (excludes halogenated alkanes) is 1. The molecule has 0 atom stereocenters. The number of ether oxygens (including phenoxy) is 2. The summed E-state index contributed by atoms with van der Waals surface area (Å²) in [6.07, 6.45) is 1.97. The molecule has 0 spiro atoms. The molecule has 33 heavy (non-hydrogen) atoms. The van der Waals surface area contributed by atoms with Crippen molar-refractivity contribution in [1.29, 1.82) is 0 Å². The van der Waals surface area contributed by atoms with E-state index in [9.17, 15) is 14.4 Å². The topological polar surface area (TPSA) is 99.5 Å². The highest BCUT2D eigenvalue weighted by molar-refractivity contribution is 5.80. The molecule has 3 rings (SSSR count). The van der Waals surface area contributed by atoms with Crippen LogP contribution in [0.15, 0.2) is 53.3 Å². The van der Waals surface area contributed by atoms with E-state index >= 15 is 0 Å². The molecule has 1 N–H and O–H groups in total. The predicted octanol–water partition coefficient (Wildman–Crippen LogP) is 3.00. The number of nitrogens with zero attached hydrogens (tertiary/aromatic N) is 2. The molecule has 1 heterocycles. The molecular formula is C25H29N3O5. The molecule has 0 radical (unpaired) electrons. The minimum Gasteiger partial charge on any atom is -0.497 e. The van der Waals surface area contributed by atoms with E-state index in [1.807, 2.05) is 36.4 Å². The van der Waals surface area contributed by atoms with Crippen LogP contribution in [0.3, 0.4) is 0 Å². The quantitative estimate of drug-likeness (QED) is 0.450. The number of para-hydroxylation sites is 2. The lowest BCUT2D eigenvalue weighted by Crippen LogP contribution is -2.29. The number of amides is 1. The molecule has 0 aliphatic carbocycles. The number of nitrogens with one attached hydrogen (secondary N) is 1. The van der Waals surface area contributed by atoms with Gasteiger partial charge in [-0.1, -0.05) is 37.6 Å². The Kier molecular flexibility index (Phi) is 8.57. The number of rotatable bonds is 11. The lowest BCUT2D eigenvalue weighted by atomic mass is 10.2. The monoisotopic (exact) mass is 451 g/mol. The maximum atomic E-state index is 12.9. The molecule has 0 unspecified atom stereocenters. The summed E-state index contributed by atoms with van der Waals surface area (Å²) >= 11 is 0. The third kappa shape index (κ3) is 6.65. The Balaban J connectivity index is 1.52. The van der Waals surface area contributed by atoms with Crippen LogP contribution < -0.4 is 15.6 Å². The first-order chi connectivity index (χ1) is 16.0. The van der Waals surface area contributed by atoms with Gasteiger partial charge in [0.05, 0.1) is 24.6 Å². The van der Waals surface area contributed by atoms with Crippen LogP contribution in [0.2, 0.25) is 0 Å². The molecule has 1 amide bonds. The molecule has 1 aromatic heterocycles. The number of carbonyl (C=O) groups is 2. The smallest absolute Gasteiger partial charge is 0.306 e. The van der Waals surface area contributed by atoms with Gasteiger partial charge in [-0.3, -0.25) is 14.4 Å². The SMILES string of the molecule is CCCCn1c(=O)c(CCC(=O)OCC(=O)NCc2ccc(OC)cc2)nc2ccccc21. The van der Waals surface area contributed by atoms with Gasteiger partial charge in [-0.2, -0.15) is 0 Å². The molecule has 8 heteroatoms. The normalized spacial score (nSPS) is 10.7. The van der Waals surface area contributed by atoms with Gasteiger partial charge in [0.15, 0.2) is 6.61 Å². The number of aromatic nitrogens is 2. The first-order valence-electron chi connectivity index (χ1n) is 11.1. The molecule has 174 valence electrons. The first kappa shape index (κ1) is 24.0. The summed E-state index contributed by atoms with van der Waals surface area (Å²) in [5.41, 5.74) is 2.54. The van der Waals surface area contributed by atoms with E-state index in [0.717, 1.165) is 35.2 Å². The summed E-state index contributed by atoms with van der Waals surface area (Å²) < 4.78 is 11.9. The fourth-order valence-electron chi connectivity index (χ4n) is 3.38. The van der Waals surface area contributed by atoms with Crippen molar-refractivity contribution >= 4 is 22.9 Å². The molecule has 0 aliphatic heterocycles. The Labute approximate surface area is 192 Å². The van der Waals surface area contributed by atoms with Gasteiger partial charge >= 0.3 is 5.97 Å². The van der Waals surface area contributed by atoms with Crippen molar-refractivity contribution in [3.05, 3.63) is 70.1 Å². The van der Waals surface area contributed by atoms with Gasteiger partial charge < -0.3 is 19.4 Å². The van der Waals surface area contributed by atoms with Gasteiger partial charge in [-0.25, -0.2) is 4.98 Å². The highest BCUT2D eigenvalue weighted by Crippen LogP contribution is 2.12. The average Bonchev–Trinajstić information content (AvgIpc) is 2.84. The van der Waals surface area contributed by atoms with Crippen LogP contribution in [0.4, 0.5) is 0 Å². The Morgan fingerprint density at radius 2 is 1.85 bits per heavy atom. The molecule has 0 aliphatic rings. The van der Waals surface area contributed by atoms with Crippen molar-refractivity contribution in [2.24, 2.45) is 0 Å². The van der Waals surface area contributed by atoms with Gasteiger partial charge in [0.2, 0.25) is 0 Å². The van der Waals surface area contributed by atoms with Crippen molar-refractivity contribution in [3.8, 4) is 5.75 Å². The van der Waals surface area contributed by atoms with Gasteiger partial charge in [-0.15, -0.1) is 0 Å². The predicted molar refractivity (Wildman–Crippen MR) is 125 cm³/mol. The van der Waals surface area contributed by atoms with E-state index in [2.05, 4.69) is 17.2 Å². The third-order valence-electron chi connectivity index (χ3n) is 5.23. The lowest BCUT2D eigenvalue weighted by Gasteiger charge is -2.12. The second-order valence-corrected chi connectivity index (χ2v) is 7.64. The third-order valence-corrected chi connectivity index (χ3v) is 5.23. The molecule has 3 aromatic rings. The number of esters is 1. The Morgan fingerprint density at radius 3 is 2.58 bits per heavy atom. The van der Waals surface area contributed by atoms with Crippen molar-refractivity contribution in [3.63, 3.8) is 0 Å². The second-order valence-electron chi connectivity index (χ2n) is 7.64. The van der Waals surface area contributed by atoms with E-state index in [1.165, 1.54) is 0 Å². The summed E-state index contributed by atoms with van der Waals surface area (Å²) in [5.74, 6) is -0.217. The molecule has 8 nitrogen and oxygen atoms in total. The summed E-state index contributed by atoms with van der Waals surface area (Å²) in [4.78, 5) is 41.5. The van der Waals surface area contributed by atoms with Gasteiger partial charge in [0.25, 0.3) is 11.5 Å². The molecule has 0 bridgehead atoms. The van der Waals surface area contributed by atoms with Gasteiger partial charge in [0.1, 0.15) is 11.4 Å². The number of hydrogen-bond acceptors (Lipinski definition) is 6. The molecule has 0 saturated heterocycles. The van der Waals surface area contributed by atoms with E-state index in [-0.39, 0.29) is 25.0 Å². The van der Waals surface area contributed by atoms with Crippen molar-refractivity contribution in [1.82, 2.24) is 14.9 Å². The zero-order valence-corrected chi connectivity index (χ0v) is 19.0. The van der Waals surface area contributed by atoms with Crippen LogP contribution in [0.5, 0.6) is 5.75 Å². The number of hydrogen-bond donors (Lipinski definition) is 1. The maximum Gasteiger partial charge on any atom is 0.306 e. The van der Waals surface area contributed by atoms with E-state index in [1.54, 1.807) is 23.8 Å². The maximum absolute atomic E-state index is 12.9. The Hall–Kier alpha value is -3.68. The number of carbonyl (C=O) groups excluding carboxylic acids is 2. The number of methoxy groups -OCH3 is 1. The minimum absolute atomic E-state index is 0.0277. The zero-order chi connectivity index (χ0) is 23.6. The molecule has 0 saturated carbocycles. The summed E-state index contributed by atoms with van der Waals surface area (Å²) in [6.45, 7) is 2.61. The van der Waals surface area contributed by atoms with Crippen molar-refractivity contribution < 1.29 is 19.1 Å². The number of aryl methyl sites for hydroxylation is 2. The number of fused-ring (bicyclic) bond motifs is 1. The Bertz CT molecular complexity index is 1150. The van der Waals surface area contributed by atoms with Crippen LogP contribution in [-0.4, -0.2) is 35.1 Å². The zero-order valence-electron chi connectivity index (χ0n) is 19.0. The van der Waals surface area contributed by atoms with Crippen molar-refractivity contribution in [2.45, 2.75) is 45.7 Å². The van der Waals surface area contributed by atoms with Gasteiger partial charge in [-0.05, 0) is 36.2 Å². The highest BCUT2D eigenvalue weighted by Gasteiger charge is 2.14. The standard InChI is InChI=1S/C25H29N3O5/c1-3-4-15-28-22-8-6-5-7-20(22)27-21(25(28)31)13-14-24(30)33-17-23(29)26-16-18-9-11-19(32-2)12-10-18/h5-12H,3-4,13-17H2,1-2H3,(H,26,29). The van der Waals surface area contributed by atoms with Crippen LogP contribution in [-0.2, 0) is 33.8 Å².